The molecule has 1 heterocycles. The summed E-state index contributed by atoms with van der Waals surface area (Å²) < 4.78 is 0. The molecule has 0 saturated carbocycles. The molecule has 0 bridgehead atoms. The van der Waals surface area contributed by atoms with Crippen LogP contribution < -0.4 is 0 Å². The molecule has 1 atom stereocenters. The molecule has 0 fully saturated rings. The highest BCUT2D eigenvalue weighted by Gasteiger charge is 2.12. The third kappa shape index (κ3) is 2.30. The molecule has 0 amide bonds. The minimum atomic E-state index is 0.418. The van der Waals surface area contributed by atoms with Gasteiger partial charge in [-0.15, -0.1) is 0 Å². The van der Waals surface area contributed by atoms with Crippen LogP contribution >= 0.6 is 0 Å². The fourth-order valence-corrected chi connectivity index (χ4v) is 2.00. The van der Waals surface area contributed by atoms with E-state index >= 15 is 0 Å². The van der Waals surface area contributed by atoms with E-state index in [9.17, 15) is 0 Å². The molecule has 0 unspecified atom stereocenters. The van der Waals surface area contributed by atoms with Crippen LogP contribution in [0.4, 0.5) is 0 Å². The third-order valence-electron chi connectivity index (χ3n) is 2.93. The van der Waals surface area contributed by atoms with Gasteiger partial charge in [0.2, 0.25) is 0 Å². The molecule has 1 aromatic heterocycles. The van der Waals surface area contributed by atoms with E-state index in [0.29, 0.717) is 5.92 Å². The minimum absolute atomic E-state index is 0.418. The molecule has 0 N–H and O–H groups in total. The number of rotatable bonds is 3. The maximum atomic E-state index is 4.45. The second kappa shape index (κ2) is 4.93. The maximum Gasteiger partial charge on any atom is 0.0478 e. The van der Waals surface area contributed by atoms with E-state index < -0.39 is 0 Å². The molecular weight excluding hydrogens is 194 g/mol. The summed E-state index contributed by atoms with van der Waals surface area (Å²) in [4.78, 5) is 4.45. The van der Waals surface area contributed by atoms with Gasteiger partial charge >= 0.3 is 0 Å². The zero-order chi connectivity index (χ0) is 11.4. The molecule has 82 valence electrons. The fourth-order valence-electron chi connectivity index (χ4n) is 2.00. The average molecular weight is 211 g/mol. The van der Waals surface area contributed by atoms with Crippen LogP contribution in [-0.2, 0) is 0 Å². The van der Waals surface area contributed by atoms with Crippen molar-refractivity contribution in [1.29, 1.82) is 0 Å². The van der Waals surface area contributed by atoms with Gasteiger partial charge < -0.3 is 0 Å². The van der Waals surface area contributed by atoms with Gasteiger partial charge in [0.25, 0.3) is 0 Å². The van der Waals surface area contributed by atoms with Crippen LogP contribution in [-0.4, -0.2) is 4.98 Å². The maximum absolute atomic E-state index is 4.45. The van der Waals surface area contributed by atoms with Crippen LogP contribution in [0.5, 0.6) is 0 Å². The topological polar surface area (TPSA) is 12.9 Å². The van der Waals surface area contributed by atoms with Crippen LogP contribution in [0.1, 0.15) is 36.1 Å². The molecule has 0 spiro atoms. The molecule has 0 aliphatic rings. The van der Waals surface area contributed by atoms with Crippen molar-refractivity contribution in [2.75, 3.05) is 0 Å². The van der Waals surface area contributed by atoms with Gasteiger partial charge in [-0.25, -0.2) is 0 Å². The van der Waals surface area contributed by atoms with Crippen LogP contribution in [0, 0.1) is 6.92 Å². The Morgan fingerprint density at radius 1 is 1.06 bits per heavy atom. The van der Waals surface area contributed by atoms with E-state index in [2.05, 4.69) is 55.2 Å². The Hall–Kier alpha value is -1.63. The van der Waals surface area contributed by atoms with Gasteiger partial charge in [0.05, 0.1) is 0 Å². The van der Waals surface area contributed by atoms with Crippen molar-refractivity contribution in [3.05, 3.63) is 65.5 Å². The summed E-state index contributed by atoms with van der Waals surface area (Å²) in [5.74, 6) is 0.418. The fraction of sp³-hybridized carbons (Fsp3) is 0.267. The van der Waals surface area contributed by atoms with Crippen molar-refractivity contribution in [3.8, 4) is 0 Å². The molecule has 1 aromatic carbocycles. The first-order chi connectivity index (χ1) is 7.81. The molecular formula is C15H17N. The quantitative estimate of drug-likeness (QED) is 0.749. The van der Waals surface area contributed by atoms with Gasteiger partial charge in [0.15, 0.2) is 0 Å². The van der Waals surface area contributed by atoms with Gasteiger partial charge in [-0.05, 0) is 31.0 Å². The molecule has 0 saturated heterocycles. The third-order valence-corrected chi connectivity index (χ3v) is 2.93. The Morgan fingerprint density at radius 2 is 1.81 bits per heavy atom. The average Bonchev–Trinajstić information content (AvgIpc) is 2.34. The van der Waals surface area contributed by atoms with E-state index in [4.69, 9.17) is 0 Å². The second-order valence-corrected chi connectivity index (χ2v) is 4.13. The van der Waals surface area contributed by atoms with Gasteiger partial charge in [0, 0.05) is 17.8 Å². The Morgan fingerprint density at radius 3 is 2.38 bits per heavy atom. The van der Waals surface area contributed by atoms with E-state index in [0.717, 1.165) is 12.1 Å². The second-order valence-electron chi connectivity index (χ2n) is 4.13. The first-order valence-electron chi connectivity index (χ1n) is 5.78. The van der Waals surface area contributed by atoms with Crippen LogP contribution in [0.2, 0.25) is 0 Å². The first-order valence-corrected chi connectivity index (χ1v) is 5.78. The number of pyridine rings is 1. The van der Waals surface area contributed by atoms with E-state index in [-0.39, 0.29) is 0 Å². The Balaban J connectivity index is 2.33. The summed E-state index contributed by atoms with van der Waals surface area (Å²) in [6.45, 7) is 4.32. The molecule has 2 aromatic rings. The lowest BCUT2D eigenvalue weighted by Gasteiger charge is -2.14. The molecule has 0 radical (unpaired) electrons. The zero-order valence-electron chi connectivity index (χ0n) is 9.85. The summed E-state index contributed by atoms with van der Waals surface area (Å²) in [5, 5.41) is 0. The first kappa shape index (κ1) is 10.9. The van der Waals surface area contributed by atoms with Crippen molar-refractivity contribution >= 4 is 0 Å². The van der Waals surface area contributed by atoms with Crippen molar-refractivity contribution in [2.24, 2.45) is 0 Å². The molecule has 0 aliphatic heterocycles. The van der Waals surface area contributed by atoms with Crippen molar-refractivity contribution < 1.29 is 0 Å². The predicted octanol–water partition coefficient (Wildman–Crippen LogP) is 3.93. The van der Waals surface area contributed by atoms with Gasteiger partial charge in [0.1, 0.15) is 0 Å². The zero-order valence-corrected chi connectivity index (χ0v) is 9.85. The minimum Gasteiger partial charge on any atom is -0.261 e. The van der Waals surface area contributed by atoms with E-state index in [1.54, 1.807) is 0 Å². The lowest BCUT2D eigenvalue weighted by Crippen LogP contribution is -2.01. The summed E-state index contributed by atoms with van der Waals surface area (Å²) in [5.41, 5.74) is 3.82. The molecule has 2 rings (SSSR count). The van der Waals surface area contributed by atoms with Gasteiger partial charge in [-0.3, -0.25) is 4.98 Å². The molecule has 1 heteroatoms. The highest BCUT2D eigenvalue weighted by Crippen LogP contribution is 2.26. The lowest BCUT2D eigenvalue weighted by molar-refractivity contribution is 0.749. The smallest absolute Gasteiger partial charge is 0.0478 e. The number of hydrogen-bond donors (Lipinski definition) is 0. The lowest BCUT2D eigenvalue weighted by atomic mass is 9.92. The monoisotopic (exact) mass is 211 g/mol. The van der Waals surface area contributed by atoms with Crippen molar-refractivity contribution in [2.45, 2.75) is 26.2 Å². The SMILES string of the molecule is CC[C@H](c1ccc(C)cc1)c1ccccn1. The summed E-state index contributed by atoms with van der Waals surface area (Å²) >= 11 is 0. The highest BCUT2D eigenvalue weighted by atomic mass is 14.7. The summed E-state index contributed by atoms with van der Waals surface area (Å²) in [6.07, 6.45) is 2.95. The van der Waals surface area contributed by atoms with Crippen molar-refractivity contribution in [1.82, 2.24) is 4.98 Å². The molecule has 16 heavy (non-hydrogen) atoms. The number of nitrogens with zero attached hydrogens (tertiary/aromatic N) is 1. The normalized spacial score (nSPS) is 12.4. The largest absolute Gasteiger partial charge is 0.261 e. The van der Waals surface area contributed by atoms with Crippen LogP contribution in [0.3, 0.4) is 0 Å². The number of aromatic nitrogens is 1. The van der Waals surface area contributed by atoms with Gasteiger partial charge in [-0.1, -0.05) is 42.8 Å². The van der Waals surface area contributed by atoms with Gasteiger partial charge in [-0.2, -0.15) is 0 Å². The number of aryl methyl sites for hydroxylation is 1. The summed E-state index contributed by atoms with van der Waals surface area (Å²) in [6, 6.07) is 14.9. The summed E-state index contributed by atoms with van der Waals surface area (Å²) in [7, 11) is 0. The number of hydrogen-bond acceptors (Lipinski definition) is 1. The standard InChI is InChI=1S/C15H17N/c1-3-14(15-6-4-5-11-16-15)13-9-7-12(2)8-10-13/h4-11,14H,3H2,1-2H3/t14-/m1/s1. The van der Waals surface area contributed by atoms with Crippen LogP contribution in [0.25, 0.3) is 0 Å². The van der Waals surface area contributed by atoms with E-state index in [1.165, 1.54) is 11.1 Å². The van der Waals surface area contributed by atoms with Crippen LogP contribution in [0.15, 0.2) is 48.7 Å². The Kier molecular flexibility index (Phi) is 3.35. The van der Waals surface area contributed by atoms with E-state index in [1.807, 2.05) is 12.3 Å². The number of benzene rings is 1. The van der Waals surface area contributed by atoms with Crippen molar-refractivity contribution in [3.63, 3.8) is 0 Å². The Labute approximate surface area is 97.2 Å². The highest BCUT2D eigenvalue weighted by molar-refractivity contribution is 5.30. The Bertz CT molecular complexity index is 431. The molecule has 1 nitrogen and oxygen atoms in total. The molecule has 0 aliphatic carbocycles. The predicted molar refractivity (Wildman–Crippen MR) is 67.6 cm³/mol.